The van der Waals surface area contributed by atoms with Crippen LogP contribution in [0.1, 0.15) is 13.3 Å². The molecule has 1 heterocycles. The van der Waals surface area contributed by atoms with E-state index in [-0.39, 0.29) is 0 Å². The predicted molar refractivity (Wildman–Crippen MR) is 78.2 cm³/mol. The summed E-state index contributed by atoms with van der Waals surface area (Å²) in [4.78, 5) is 4.44. The summed E-state index contributed by atoms with van der Waals surface area (Å²) in [5.74, 6) is 0.561. The lowest BCUT2D eigenvalue weighted by molar-refractivity contribution is 0.168. The fourth-order valence-electron chi connectivity index (χ4n) is 2.43. The maximum atomic E-state index is 5.17. The van der Waals surface area contributed by atoms with Gasteiger partial charge >= 0.3 is 0 Å². The number of hydrogen-bond acceptors (Lipinski definition) is 3. The molecule has 0 fully saturated rings. The molecule has 2 aromatic rings. The fraction of sp³-hybridized carbons (Fsp3) is 0.533. The minimum atomic E-state index is 0.424. The number of likely N-dealkylation sites (N-methyl/N-ethyl adjacent to an activating group) is 1. The number of rotatable bonds is 7. The summed E-state index contributed by atoms with van der Waals surface area (Å²) in [5.41, 5.74) is 2.25. The monoisotopic (exact) mass is 261 g/mol. The molecule has 1 aromatic carbocycles. The van der Waals surface area contributed by atoms with Crippen molar-refractivity contribution in [2.75, 3.05) is 20.8 Å². The number of nitrogens with one attached hydrogen (secondary N) is 1. The van der Waals surface area contributed by atoms with E-state index in [0.29, 0.717) is 12.0 Å². The van der Waals surface area contributed by atoms with Crippen molar-refractivity contribution in [2.24, 2.45) is 5.92 Å². The predicted octanol–water partition coefficient (Wildman–Crippen LogP) is 2.30. The molecule has 4 nitrogen and oxygen atoms in total. The second-order valence-electron chi connectivity index (χ2n) is 5.04. The van der Waals surface area contributed by atoms with Crippen molar-refractivity contribution in [1.29, 1.82) is 0 Å². The number of hydrogen-bond donors (Lipinski definition) is 1. The van der Waals surface area contributed by atoms with Crippen molar-refractivity contribution in [3.05, 3.63) is 30.6 Å². The van der Waals surface area contributed by atoms with Crippen LogP contribution in [0.15, 0.2) is 30.6 Å². The van der Waals surface area contributed by atoms with E-state index in [1.807, 2.05) is 19.4 Å². The van der Waals surface area contributed by atoms with Gasteiger partial charge in [0.1, 0.15) is 0 Å². The maximum Gasteiger partial charge on any atom is 0.0958 e. The van der Waals surface area contributed by atoms with Gasteiger partial charge in [0.05, 0.1) is 17.4 Å². The standard InChI is InChI=1S/C15H23N3O/c1-12(8-9-19-3)14(16-2)10-18-11-17-13-6-4-5-7-15(13)18/h4-7,11-12,14,16H,8-10H2,1-3H3. The summed E-state index contributed by atoms with van der Waals surface area (Å²) in [5, 5.41) is 3.41. The molecule has 104 valence electrons. The SMILES string of the molecule is CNC(Cn1cnc2ccccc21)C(C)CCOC. The van der Waals surface area contributed by atoms with Gasteiger partial charge in [-0.15, -0.1) is 0 Å². The summed E-state index contributed by atoms with van der Waals surface area (Å²) < 4.78 is 7.39. The molecule has 0 aliphatic rings. The number of imidazole rings is 1. The van der Waals surface area contributed by atoms with E-state index in [1.54, 1.807) is 7.11 Å². The number of nitrogens with zero attached hydrogens (tertiary/aromatic N) is 2. The molecule has 0 aliphatic carbocycles. The van der Waals surface area contributed by atoms with Crippen LogP contribution in [-0.2, 0) is 11.3 Å². The van der Waals surface area contributed by atoms with Crippen LogP contribution < -0.4 is 5.32 Å². The van der Waals surface area contributed by atoms with Crippen molar-refractivity contribution in [2.45, 2.75) is 25.9 Å². The number of para-hydroxylation sites is 2. The molecule has 1 N–H and O–H groups in total. The van der Waals surface area contributed by atoms with E-state index in [2.05, 4.69) is 40.0 Å². The first kappa shape index (κ1) is 14.0. The summed E-state index contributed by atoms with van der Waals surface area (Å²) in [6, 6.07) is 8.68. The highest BCUT2D eigenvalue weighted by molar-refractivity contribution is 5.74. The molecule has 0 saturated carbocycles. The first-order chi connectivity index (χ1) is 9.26. The Kier molecular flexibility index (Phi) is 4.93. The minimum absolute atomic E-state index is 0.424. The smallest absolute Gasteiger partial charge is 0.0958 e. The van der Waals surface area contributed by atoms with Gasteiger partial charge < -0.3 is 14.6 Å². The number of benzene rings is 1. The molecule has 19 heavy (non-hydrogen) atoms. The van der Waals surface area contributed by atoms with E-state index in [0.717, 1.165) is 25.1 Å². The average molecular weight is 261 g/mol. The largest absolute Gasteiger partial charge is 0.385 e. The lowest BCUT2D eigenvalue weighted by Gasteiger charge is -2.24. The van der Waals surface area contributed by atoms with Gasteiger partial charge in [0.15, 0.2) is 0 Å². The molecule has 0 radical (unpaired) electrons. The molecule has 2 atom stereocenters. The van der Waals surface area contributed by atoms with E-state index in [4.69, 9.17) is 4.74 Å². The zero-order chi connectivity index (χ0) is 13.7. The van der Waals surface area contributed by atoms with Crippen LogP contribution in [0.25, 0.3) is 11.0 Å². The Morgan fingerprint density at radius 2 is 2.16 bits per heavy atom. The van der Waals surface area contributed by atoms with Crippen molar-refractivity contribution in [3.63, 3.8) is 0 Å². The Morgan fingerprint density at radius 1 is 1.37 bits per heavy atom. The van der Waals surface area contributed by atoms with Gasteiger partial charge in [-0.3, -0.25) is 0 Å². The van der Waals surface area contributed by atoms with Crippen LogP contribution >= 0.6 is 0 Å². The lowest BCUT2D eigenvalue weighted by atomic mass is 9.98. The number of fused-ring (bicyclic) bond motifs is 1. The Bertz CT molecular complexity index is 509. The normalized spacial score (nSPS) is 14.7. The van der Waals surface area contributed by atoms with Crippen LogP contribution in [0.5, 0.6) is 0 Å². The molecule has 0 saturated heterocycles. The molecule has 2 unspecified atom stereocenters. The highest BCUT2D eigenvalue weighted by atomic mass is 16.5. The van der Waals surface area contributed by atoms with E-state index < -0.39 is 0 Å². The molecule has 4 heteroatoms. The summed E-state index contributed by atoms with van der Waals surface area (Å²) >= 11 is 0. The summed E-state index contributed by atoms with van der Waals surface area (Å²) in [6.07, 6.45) is 2.99. The summed E-state index contributed by atoms with van der Waals surface area (Å²) in [6.45, 7) is 4.01. The Hall–Kier alpha value is -1.39. The van der Waals surface area contributed by atoms with Gasteiger partial charge in [0, 0.05) is 26.3 Å². The van der Waals surface area contributed by atoms with Gasteiger partial charge in [0.2, 0.25) is 0 Å². The molecule has 0 spiro atoms. The third kappa shape index (κ3) is 3.33. The molecular weight excluding hydrogens is 238 g/mol. The van der Waals surface area contributed by atoms with Crippen LogP contribution in [0.3, 0.4) is 0 Å². The zero-order valence-electron chi connectivity index (χ0n) is 12.0. The first-order valence-electron chi connectivity index (χ1n) is 6.82. The van der Waals surface area contributed by atoms with Crippen molar-refractivity contribution < 1.29 is 4.74 Å². The Labute approximate surface area is 114 Å². The lowest BCUT2D eigenvalue weighted by Crippen LogP contribution is -2.36. The quantitative estimate of drug-likeness (QED) is 0.831. The van der Waals surface area contributed by atoms with Crippen LogP contribution in [-0.4, -0.2) is 36.4 Å². The Balaban J connectivity index is 2.09. The minimum Gasteiger partial charge on any atom is -0.385 e. The van der Waals surface area contributed by atoms with Gasteiger partial charge in [-0.2, -0.15) is 0 Å². The van der Waals surface area contributed by atoms with Crippen LogP contribution in [0.2, 0.25) is 0 Å². The van der Waals surface area contributed by atoms with Gasteiger partial charge in [0.25, 0.3) is 0 Å². The van der Waals surface area contributed by atoms with Crippen molar-refractivity contribution >= 4 is 11.0 Å². The highest BCUT2D eigenvalue weighted by Gasteiger charge is 2.16. The van der Waals surface area contributed by atoms with Gasteiger partial charge in [-0.25, -0.2) is 4.98 Å². The first-order valence-corrected chi connectivity index (χ1v) is 6.82. The zero-order valence-corrected chi connectivity index (χ0v) is 12.0. The second kappa shape index (κ2) is 6.68. The molecule has 2 rings (SSSR count). The molecule has 0 aliphatic heterocycles. The average Bonchev–Trinajstić information content (AvgIpc) is 2.85. The third-order valence-electron chi connectivity index (χ3n) is 3.76. The second-order valence-corrected chi connectivity index (χ2v) is 5.04. The number of aromatic nitrogens is 2. The van der Waals surface area contributed by atoms with Crippen molar-refractivity contribution in [1.82, 2.24) is 14.9 Å². The highest BCUT2D eigenvalue weighted by Crippen LogP contribution is 2.15. The van der Waals surface area contributed by atoms with Gasteiger partial charge in [-0.1, -0.05) is 19.1 Å². The summed E-state index contributed by atoms with van der Waals surface area (Å²) in [7, 11) is 3.78. The maximum absolute atomic E-state index is 5.17. The number of ether oxygens (including phenoxy) is 1. The molecular formula is C15H23N3O. The third-order valence-corrected chi connectivity index (χ3v) is 3.76. The molecule has 0 bridgehead atoms. The van der Waals surface area contributed by atoms with E-state index in [9.17, 15) is 0 Å². The van der Waals surface area contributed by atoms with Crippen LogP contribution in [0, 0.1) is 5.92 Å². The Morgan fingerprint density at radius 3 is 2.89 bits per heavy atom. The van der Waals surface area contributed by atoms with E-state index >= 15 is 0 Å². The fourth-order valence-corrected chi connectivity index (χ4v) is 2.43. The molecule has 0 amide bonds. The topological polar surface area (TPSA) is 39.1 Å². The van der Waals surface area contributed by atoms with Crippen molar-refractivity contribution in [3.8, 4) is 0 Å². The number of methoxy groups -OCH3 is 1. The molecule has 1 aromatic heterocycles. The van der Waals surface area contributed by atoms with E-state index in [1.165, 1.54) is 5.52 Å². The van der Waals surface area contributed by atoms with Gasteiger partial charge in [-0.05, 0) is 31.5 Å². The van der Waals surface area contributed by atoms with Crippen LogP contribution in [0.4, 0.5) is 0 Å².